The summed E-state index contributed by atoms with van der Waals surface area (Å²) in [4.78, 5) is 27.1. The Morgan fingerprint density at radius 3 is 2.75 bits per heavy atom. The van der Waals surface area contributed by atoms with Gasteiger partial charge in [0.15, 0.2) is 0 Å². The number of halogens is 1. The minimum atomic E-state index is -1.42. The first-order valence-electron chi connectivity index (χ1n) is 7.69. The third kappa shape index (κ3) is 3.23. The number of aliphatic carboxylic acids is 1. The smallest absolute Gasteiger partial charge is 0.319 e. The van der Waals surface area contributed by atoms with Crippen LogP contribution in [0.3, 0.4) is 0 Å². The van der Waals surface area contributed by atoms with Crippen molar-refractivity contribution in [1.82, 2.24) is 0 Å². The standard InChI is InChI=1S/C16H18FN3O4/c17-11-7-9(24-10-3-6-19-13(18)8-10)1-2-12(11)20-14(21)16(4-5-16)15(22)23/h1-2,6-7,10,13H,3-5,8,18H2,(H,20,21)(H,22,23). The molecule has 1 saturated carbocycles. The van der Waals surface area contributed by atoms with Crippen molar-refractivity contribution in [3.05, 3.63) is 24.0 Å². The summed E-state index contributed by atoms with van der Waals surface area (Å²) < 4.78 is 19.8. The number of rotatable bonds is 5. The van der Waals surface area contributed by atoms with Crippen LogP contribution in [-0.4, -0.2) is 35.5 Å². The second-order valence-electron chi connectivity index (χ2n) is 6.09. The highest BCUT2D eigenvalue weighted by atomic mass is 19.1. The number of carboxylic acids is 1. The molecule has 1 fully saturated rings. The number of carboxylic acid groups (broad SMARTS) is 1. The molecule has 2 atom stereocenters. The van der Waals surface area contributed by atoms with Crippen molar-refractivity contribution in [2.24, 2.45) is 16.1 Å². The summed E-state index contributed by atoms with van der Waals surface area (Å²) in [6, 6.07) is 4.04. The number of hydrogen-bond acceptors (Lipinski definition) is 5. The Balaban J connectivity index is 1.66. The second-order valence-corrected chi connectivity index (χ2v) is 6.09. The average Bonchev–Trinajstić information content (AvgIpc) is 3.32. The predicted octanol–water partition coefficient (Wildman–Crippen LogP) is 1.53. The van der Waals surface area contributed by atoms with Gasteiger partial charge in [0.05, 0.1) is 5.69 Å². The van der Waals surface area contributed by atoms with Gasteiger partial charge < -0.3 is 20.9 Å². The van der Waals surface area contributed by atoms with Gasteiger partial charge in [-0.05, 0) is 25.0 Å². The zero-order chi connectivity index (χ0) is 17.3. The zero-order valence-corrected chi connectivity index (χ0v) is 12.9. The van der Waals surface area contributed by atoms with Crippen molar-refractivity contribution < 1.29 is 23.8 Å². The lowest BCUT2D eigenvalue weighted by Gasteiger charge is -2.23. The maximum Gasteiger partial charge on any atom is 0.319 e. The quantitative estimate of drug-likeness (QED) is 0.706. The van der Waals surface area contributed by atoms with Crippen LogP contribution in [0.5, 0.6) is 5.75 Å². The molecule has 1 heterocycles. The number of nitrogens with two attached hydrogens (primary N) is 1. The highest BCUT2D eigenvalue weighted by Crippen LogP contribution is 2.46. The van der Waals surface area contributed by atoms with E-state index in [-0.39, 0.29) is 30.8 Å². The number of aliphatic imine (C=N–C) groups is 1. The number of benzene rings is 1. The molecule has 1 aromatic carbocycles. The van der Waals surface area contributed by atoms with Gasteiger partial charge in [-0.25, -0.2) is 4.39 Å². The molecular formula is C16H18FN3O4. The minimum absolute atomic E-state index is 0.0678. The van der Waals surface area contributed by atoms with Crippen LogP contribution >= 0.6 is 0 Å². The van der Waals surface area contributed by atoms with Crippen LogP contribution in [0, 0.1) is 11.2 Å². The molecule has 0 spiro atoms. The average molecular weight is 335 g/mol. The number of hydrogen-bond donors (Lipinski definition) is 3. The summed E-state index contributed by atoms with van der Waals surface area (Å²) in [5.41, 5.74) is 4.23. The van der Waals surface area contributed by atoms with Crippen molar-refractivity contribution >= 4 is 23.8 Å². The molecule has 8 heteroatoms. The Labute approximate surface area is 137 Å². The van der Waals surface area contributed by atoms with Crippen LogP contribution < -0.4 is 15.8 Å². The van der Waals surface area contributed by atoms with E-state index < -0.39 is 23.1 Å². The SMILES string of the molecule is NC1CC(Oc2ccc(NC(=O)C3(C(=O)O)CC3)c(F)c2)CC=N1. The van der Waals surface area contributed by atoms with E-state index in [2.05, 4.69) is 10.3 Å². The number of carbonyl (C=O) groups is 2. The fourth-order valence-corrected chi connectivity index (χ4v) is 2.60. The van der Waals surface area contributed by atoms with Crippen LogP contribution in [-0.2, 0) is 9.59 Å². The number of nitrogens with one attached hydrogen (secondary N) is 1. The number of anilines is 1. The lowest BCUT2D eigenvalue weighted by atomic mass is 10.1. The Morgan fingerprint density at radius 2 is 2.17 bits per heavy atom. The van der Waals surface area contributed by atoms with Gasteiger partial charge in [-0.15, -0.1) is 0 Å². The van der Waals surface area contributed by atoms with Gasteiger partial charge in [0, 0.05) is 25.1 Å². The van der Waals surface area contributed by atoms with E-state index in [1.54, 1.807) is 6.21 Å². The van der Waals surface area contributed by atoms with Crippen molar-refractivity contribution in [3.63, 3.8) is 0 Å². The topological polar surface area (TPSA) is 114 Å². The Hall–Kier alpha value is -2.48. The second kappa shape index (κ2) is 6.20. The summed E-state index contributed by atoms with van der Waals surface area (Å²) in [6.45, 7) is 0. The van der Waals surface area contributed by atoms with E-state index in [0.717, 1.165) is 6.07 Å². The van der Waals surface area contributed by atoms with Gasteiger partial charge in [0.2, 0.25) is 5.91 Å². The molecule has 0 radical (unpaired) electrons. The molecule has 24 heavy (non-hydrogen) atoms. The van der Waals surface area contributed by atoms with Crippen LogP contribution in [0.1, 0.15) is 25.7 Å². The Bertz CT molecular complexity index is 703. The summed E-state index contributed by atoms with van der Waals surface area (Å²) in [5, 5.41) is 11.4. The largest absolute Gasteiger partial charge is 0.490 e. The molecule has 1 amide bonds. The van der Waals surface area contributed by atoms with Gasteiger partial charge in [0.25, 0.3) is 0 Å². The first-order chi connectivity index (χ1) is 11.4. The summed E-state index contributed by atoms with van der Waals surface area (Å²) in [6.07, 6.45) is 2.84. The van der Waals surface area contributed by atoms with Gasteiger partial charge in [-0.1, -0.05) is 0 Å². The molecule has 4 N–H and O–H groups in total. The van der Waals surface area contributed by atoms with Crippen LogP contribution in [0.15, 0.2) is 23.2 Å². The molecule has 1 aliphatic carbocycles. The molecule has 7 nitrogen and oxygen atoms in total. The molecule has 128 valence electrons. The van der Waals surface area contributed by atoms with E-state index in [4.69, 9.17) is 15.6 Å². The van der Waals surface area contributed by atoms with Crippen LogP contribution in [0.25, 0.3) is 0 Å². The highest BCUT2D eigenvalue weighted by molar-refractivity contribution is 6.10. The normalized spacial score (nSPS) is 24.2. The fourth-order valence-electron chi connectivity index (χ4n) is 2.60. The van der Waals surface area contributed by atoms with E-state index >= 15 is 0 Å². The molecular weight excluding hydrogens is 317 g/mol. The predicted molar refractivity (Wildman–Crippen MR) is 84.4 cm³/mol. The van der Waals surface area contributed by atoms with E-state index in [0.29, 0.717) is 18.6 Å². The van der Waals surface area contributed by atoms with E-state index in [1.165, 1.54) is 12.1 Å². The molecule has 1 aromatic rings. The molecule has 2 unspecified atom stereocenters. The molecule has 1 aliphatic heterocycles. The molecule has 0 aromatic heterocycles. The van der Waals surface area contributed by atoms with Gasteiger partial charge in [-0.2, -0.15) is 0 Å². The Kier molecular flexibility index (Phi) is 4.23. The summed E-state index contributed by atoms with van der Waals surface area (Å²) >= 11 is 0. The van der Waals surface area contributed by atoms with Crippen molar-refractivity contribution in [1.29, 1.82) is 0 Å². The van der Waals surface area contributed by atoms with Crippen LogP contribution in [0.4, 0.5) is 10.1 Å². The third-order valence-electron chi connectivity index (χ3n) is 4.26. The molecule has 0 saturated heterocycles. The maximum absolute atomic E-state index is 14.2. The van der Waals surface area contributed by atoms with E-state index in [9.17, 15) is 14.0 Å². The highest BCUT2D eigenvalue weighted by Gasteiger charge is 2.57. The summed E-state index contributed by atoms with van der Waals surface area (Å²) in [7, 11) is 0. The minimum Gasteiger partial charge on any atom is -0.490 e. The first kappa shape index (κ1) is 16.4. The van der Waals surface area contributed by atoms with Crippen molar-refractivity contribution in [2.75, 3.05) is 5.32 Å². The van der Waals surface area contributed by atoms with Gasteiger partial charge in [0.1, 0.15) is 29.3 Å². The molecule has 3 rings (SSSR count). The van der Waals surface area contributed by atoms with Crippen molar-refractivity contribution in [2.45, 2.75) is 38.0 Å². The lowest BCUT2D eigenvalue weighted by Crippen LogP contribution is -2.32. The Morgan fingerprint density at radius 1 is 1.42 bits per heavy atom. The van der Waals surface area contributed by atoms with Gasteiger partial charge in [-0.3, -0.25) is 14.6 Å². The zero-order valence-electron chi connectivity index (χ0n) is 12.9. The van der Waals surface area contributed by atoms with Crippen molar-refractivity contribution in [3.8, 4) is 5.75 Å². The van der Waals surface area contributed by atoms with Gasteiger partial charge >= 0.3 is 5.97 Å². The third-order valence-corrected chi connectivity index (χ3v) is 4.26. The monoisotopic (exact) mass is 335 g/mol. The maximum atomic E-state index is 14.2. The molecule has 2 aliphatic rings. The summed E-state index contributed by atoms with van der Waals surface area (Å²) in [5.74, 6) is -2.25. The number of nitrogens with zero attached hydrogens (tertiary/aromatic N) is 1. The van der Waals surface area contributed by atoms with E-state index in [1.807, 2.05) is 0 Å². The molecule has 0 bridgehead atoms. The number of carbonyl (C=O) groups excluding carboxylic acids is 1. The number of ether oxygens (including phenoxy) is 1. The number of amides is 1. The van der Waals surface area contributed by atoms with Crippen LogP contribution in [0.2, 0.25) is 0 Å². The lowest BCUT2D eigenvalue weighted by molar-refractivity contribution is -0.147. The fraction of sp³-hybridized carbons (Fsp3) is 0.438. The first-order valence-corrected chi connectivity index (χ1v) is 7.69.